The minimum absolute atomic E-state index is 0.0140. The largest absolute Gasteiger partial charge is 0.493 e. The van der Waals surface area contributed by atoms with Crippen LogP contribution in [-0.2, 0) is 20.9 Å². The van der Waals surface area contributed by atoms with Crippen molar-refractivity contribution >= 4 is 45.9 Å². The van der Waals surface area contributed by atoms with Gasteiger partial charge in [0.15, 0.2) is 0 Å². The third kappa shape index (κ3) is 12.0. The van der Waals surface area contributed by atoms with Crippen LogP contribution in [-0.4, -0.2) is 79.9 Å². The molecule has 3 heterocycles. The number of rotatable bonds is 8. The van der Waals surface area contributed by atoms with E-state index in [4.69, 9.17) is 24.5 Å². The van der Waals surface area contributed by atoms with E-state index in [1.165, 1.54) is 29.2 Å². The molecule has 20 heteroatoms. The van der Waals surface area contributed by atoms with Gasteiger partial charge < -0.3 is 30.9 Å². The molecule has 1 aliphatic rings. The van der Waals surface area contributed by atoms with Gasteiger partial charge in [-0.15, -0.1) is 0 Å². The number of benzene rings is 2. The number of nitrogens with zero attached hydrogens (tertiary/aromatic N) is 4. The average Bonchev–Trinajstić information content (AvgIpc) is 3.68. The fourth-order valence-corrected chi connectivity index (χ4v) is 3.86. The highest BCUT2D eigenvalue weighted by Crippen LogP contribution is 2.26. The van der Waals surface area contributed by atoms with E-state index in [9.17, 15) is 35.5 Å². The van der Waals surface area contributed by atoms with E-state index in [2.05, 4.69) is 31.0 Å². The number of anilines is 3. The third-order valence-corrected chi connectivity index (χ3v) is 6.05. The standard InChI is InChI=1S/C24H24FN7O2.2C2HF3O2/c25-17-2-1-3-18(8-17)30-23(33)13-32-12-19(11-29-32)31-24-21-5-4-20(9-22(21)27-15-28-24)34-14-16-6-7-26-10-16;2*3-2(4,5)1(6)7/h1-5,8-9,11-12,15-16,26H,6-7,10,13-14H2,(H,30,33)(H,27,28,31);2*(H,6,7). The minimum Gasteiger partial charge on any atom is -0.493 e. The number of aromatic nitrogens is 4. The van der Waals surface area contributed by atoms with Crippen LogP contribution in [0.1, 0.15) is 6.42 Å². The molecule has 1 amide bonds. The molecule has 0 saturated carbocycles. The lowest BCUT2D eigenvalue weighted by Crippen LogP contribution is -2.21. The van der Waals surface area contributed by atoms with E-state index in [1.807, 2.05) is 18.2 Å². The predicted octanol–water partition coefficient (Wildman–Crippen LogP) is 4.60. The number of aliphatic carboxylic acids is 2. The Kier molecular flexibility index (Phi) is 12.6. The molecule has 2 aromatic carbocycles. The molecule has 4 aromatic rings. The Labute approximate surface area is 265 Å². The van der Waals surface area contributed by atoms with Crippen molar-refractivity contribution in [2.45, 2.75) is 25.3 Å². The molecular formula is C28H26F7N7O6. The van der Waals surface area contributed by atoms with Gasteiger partial charge in [0.05, 0.1) is 24.0 Å². The number of ether oxygens (including phenoxy) is 1. The maximum absolute atomic E-state index is 13.3. The molecule has 0 bridgehead atoms. The summed E-state index contributed by atoms with van der Waals surface area (Å²) < 4.78 is 84.2. The van der Waals surface area contributed by atoms with Crippen LogP contribution < -0.4 is 20.7 Å². The molecule has 13 nitrogen and oxygen atoms in total. The topological polar surface area (TPSA) is 181 Å². The predicted molar refractivity (Wildman–Crippen MR) is 154 cm³/mol. The Hall–Kier alpha value is -5.53. The monoisotopic (exact) mass is 689 g/mol. The van der Waals surface area contributed by atoms with Gasteiger partial charge in [-0.1, -0.05) is 6.07 Å². The van der Waals surface area contributed by atoms with Crippen molar-refractivity contribution in [3.8, 4) is 5.75 Å². The van der Waals surface area contributed by atoms with Crippen LogP contribution in [0, 0.1) is 11.7 Å². The molecule has 1 saturated heterocycles. The van der Waals surface area contributed by atoms with Gasteiger partial charge in [-0.3, -0.25) is 9.48 Å². The van der Waals surface area contributed by atoms with Crippen molar-refractivity contribution in [3.05, 3.63) is 67.0 Å². The zero-order valence-electron chi connectivity index (χ0n) is 24.3. The number of carboxylic acids is 2. The number of fused-ring (bicyclic) bond motifs is 1. The van der Waals surface area contributed by atoms with Crippen molar-refractivity contribution in [1.29, 1.82) is 0 Å². The molecule has 1 fully saturated rings. The van der Waals surface area contributed by atoms with Gasteiger partial charge in [0, 0.05) is 35.8 Å². The highest BCUT2D eigenvalue weighted by Gasteiger charge is 2.38. The van der Waals surface area contributed by atoms with E-state index in [1.54, 1.807) is 18.5 Å². The number of nitrogens with one attached hydrogen (secondary N) is 3. The van der Waals surface area contributed by atoms with E-state index >= 15 is 0 Å². The summed E-state index contributed by atoms with van der Waals surface area (Å²) >= 11 is 0. The van der Waals surface area contributed by atoms with E-state index < -0.39 is 30.1 Å². The Morgan fingerprint density at radius 1 is 0.979 bits per heavy atom. The second-order valence-corrected chi connectivity index (χ2v) is 9.79. The lowest BCUT2D eigenvalue weighted by molar-refractivity contribution is -0.193. The highest BCUT2D eigenvalue weighted by molar-refractivity contribution is 5.92. The second-order valence-electron chi connectivity index (χ2n) is 9.79. The number of halogens is 7. The third-order valence-electron chi connectivity index (χ3n) is 6.05. The van der Waals surface area contributed by atoms with Crippen molar-refractivity contribution in [1.82, 2.24) is 25.1 Å². The molecule has 258 valence electrons. The number of hydrogen-bond acceptors (Lipinski definition) is 9. The Morgan fingerprint density at radius 2 is 1.67 bits per heavy atom. The average molecular weight is 690 g/mol. The molecule has 1 unspecified atom stereocenters. The highest BCUT2D eigenvalue weighted by atomic mass is 19.4. The van der Waals surface area contributed by atoms with Crippen LogP contribution in [0.25, 0.3) is 10.9 Å². The van der Waals surface area contributed by atoms with Crippen molar-refractivity contribution in [3.63, 3.8) is 0 Å². The zero-order valence-corrected chi connectivity index (χ0v) is 24.3. The van der Waals surface area contributed by atoms with Gasteiger partial charge in [0.2, 0.25) is 5.91 Å². The summed E-state index contributed by atoms with van der Waals surface area (Å²) in [6.07, 6.45) is -4.24. The fraction of sp³-hybridized carbons (Fsp3) is 0.286. The van der Waals surface area contributed by atoms with Crippen molar-refractivity contribution < 1.29 is 60.1 Å². The molecule has 0 radical (unpaired) electrons. The normalized spacial score (nSPS) is 14.2. The van der Waals surface area contributed by atoms with Gasteiger partial charge in [-0.05, 0) is 43.3 Å². The van der Waals surface area contributed by atoms with Crippen LogP contribution in [0.2, 0.25) is 0 Å². The van der Waals surface area contributed by atoms with E-state index in [-0.39, 0.29) is 12.5 Å². The first-order valence-corrected chi connectivity index (χ1v) is 13.5. The molecule has 48 heavy (non-hydrogen) atoms. The second kappa shape index (κ2) is 16.3. The summed E-state index contributed by atoms with van der Waals surface area (Å²) in [7, 11) is 0. The first kappa shape index (κ1) is 36.9. The first-order valence-electron chi connectivity index (χ1n) is 13.5. The first-order chi connectivity index (χ1) is 22.5. The van der Waals surface area contributed by atoms with Crippen LogP contribution in [0.4, 0.5) is 47.9 Å². The number of carboxylic acid groups (broad SMARTS) is 2. The summed E-state index contributed by atoms with van der Waals surface area (Å²) in [4.78, 5) is 38.8. The van der Waals surface area contributed by atoms with E-state index in [0.29, 0.717) is 29.7 Å². The number of carbonyl (C=O) groups is 3. The molecule has 5 N–H and O–H groups in total. The van der Waals surface area contributed by atoms with Crippen LogP contribution in [0.15, 0.2) is 61.2 Å². The van der Waals surface area contributed by atoms with Gasteiger partial charge in [-0.25, -0.2) is 23.9 Å². The van der Waals surface area contributed by atoms with E-state index in [0.717, 1.165) is 36.2 Å². The Bertz CT molecular complexity index is 1690. The summed E-state index contributed by atoms with van der Waals surface area (Å²) in [5, 5.41) is 28.5. The Balaban J connectivity index is 0.000000376. The quantitative estimate of drug-likeness (QED) is 0.163. The van der Waals surface area contributed by atoms with Crippen LogP contribution in [0.3, 0.4) is 0 Å². The fourth-order valence-electron chi connectivity index (χ4n) is 3.86. The van der Waals surface area contributed by atoms with Gasteiger partial charge in [-0.2, -0.15) is 31.4 Å². The smallest absolute Gasteiger partial charge is 0.490 e. The van der Waals surface area contributed by atoms with Crippen molar-refractivity contribution in [2.24, 2.45) is 5.92 Å². The molecule has 0 spiro atoms. The van der Waals surface area contributed by atoms with Crippen molar-refractivity contribution in [2.75, 3.05) is 30.3 Å². The zero-order chi connectivity index (χ0) is 35.5. The maximum Gasteiger partial charge on any atom is 0.490 e. The number of hydrogen-bond donors (Lipinski definition) is 5. The van der Waals surface area contributed by atoms with Gasteiger partial charge in [0.1, 0.15) is 30.3 Å². The Morgan fingerprint density at radius 3 is 2.27 bits per heavy atom. The molecule has 5 rings (SSSR count). The lowest BCUT2D eigenvalue weighted by Gasteiger charge is -2.12. The van der Waals surface area contributed by atoms with Crippen LogP contribution in [0.5, 0.6) is 5.75 Å². The van der Waals surface area contributed by atoms with Gasteiger partial charge in [0.25, 0.3) is 0 Å². The van der Waals surface area contributed by atoms with Gasteiger partial charge >= 0.3 is 24.3 Å². The summed E-state index contributed by atoms with van der Waals surface area (Å²) in [6.45, 7) is 2.70. The maximum atomic E-state index is 13.3. The number of carbonyl (C=O) groups excluding carboxylic acids is 1. The summed E-state index contributed by atoms with van der Waals surface area (Å²) in [5.41, 5.74) is 1.83. The molecule has 2 aromatic heterocycles. The molecule has 0 aliphatic carbocycles. The number of alkyl halides is 6. The van der Waals surface area contributed by atoms with Crippen LogP contribution >= 0.6 is 0 Å². The summed E-state index contributed by atoms with van der Waals surface area (Å²) in [6, 6.07) is 11.5. The molecule has 1 aliphatic heterocycles. The number of amides is 1. The minimum atomic E-state index is -5.08. The molecular weight excluding hydrogens is 663 g/mol. The SMILES string of the molecule is O=C(Cn1cc(Nc2ncnc3cc(OCC4CCNC4)ccc23)cn1)Nc1cccc(F)c1.O=C(O)C(F)(F)F.O=C(O)C(F)(F)F. The lowest BCUT2D eigenvalue weighted by atomic mass is 10.1. The summed E-state index contributed by atoms with van der Waals surface area (Å²) in [5.74, 6) is -4.30. The molecule has 1 atom stereocenters.